The second-order valence-corrected chi connectivity index (χ2v) is 7.07. The first kappa shape index (κ1) is 17.2. The van der Waals surface area contributed by atoms with Gasteiger partial charge in [0.05, 0.1) is 16.8 Å². The summed E-state index contributed by atoms with van der Waals surface area (Å²) in [6, 6.07) is 2.10. The van der Waals surface area contributed by atoms with Gasteiger partial charge < -0.3 is 9.32 Å². The molecule has 0 spiro atoms. The van der Waals surface area contributed by atoms with Crippen LogP contribution < -0.4 is 4.90 Å². The molecular weight excluding hydrogens is 326 g/mol. The smallest absolute Gasteiger partial charge is 0.233 e. The lowest BCUT2D eigenvalue weighted by Crippen LogP contribution is -2.47. The number of aromatic nitrogens is 3. The minimum absolute atomic E-state index is 0.133. The first-order valence-corrected chi connectivity index (χ1v) is 8.83. The van der Waals surface area contributed by atoms with Crippen LogP contribution in [0.3, 0.4) is 0 Å². The van der Waals surface area contributed by atoms with Gasteiger partial charge in [0.25, 0.3) is 0 Å². The molecule has 1 fully saturated rings. The predicted octanol–water partition coefficient (Wildman–Crippen LogP) is 3.20. The molecule has 0 aliphatic carbocycles. The number of anilines is 1. The molecule has 0 unspecified atom stereocenters. The number of piperazine rings is 1. The van der Waals surface area contributed by atoms with Crippen molar-refractivity contribution >= 4 is 17.3 Å². The van der Waals surface area contributed by atoms with E-state index in [1.54, 1.807) is 12.4 Å². The van der Waals surface area contributed by atoms with E-state index in [-0.39, 0.29) is 6.04 Å². The maximum atomic E-state index is 6.25. The van der Waals surface area contributed by atoms with Gasteiger partial charge >= 0.3 is 0 Å². The van der Waals surface area contributed by atoms with Crippen molar-refractivity contribution in [3.63, 3.8) is 0 Å². The summed E-state index contributed by atoms with van der Waals surface area (Å²) < 4.78 is 5.83. The summed E-state index contributed by atoms with van der Waals surface area (Å²) >= 11 is 6.25. The zero-order valence-corrected chi connectivity index (χ0v) is 15.2. The van der Waals surface area contributed by atoms with Gasteiger partial charge in [-0.2, -0.15) is 0 Å². The molecule has 3 heterocycles. The molecule has 7 heteroatoms. The molecule has 1 atom stereocenters. The SMILES string of the molecule is CC(C)Cc1nnc([C@@H](C)N2CCN(c3ccncc3Cl)CC2)o1. The Morgan fingerprint density at radius 2 is 1.92 bits per heavy atom. The zero-order valence-electron chi connectivity index (χ0n) is 14.4. The molecule has 24 heavy (non-hydrogen) atoms. The molecule has 0 bridgehead atoms. The number of rotatable bonds is 5. The highest BCUT2D eigenvalue weighted by Crippen LogP contribution is 2.27. The summed E-state index contributed by atoms with van der Waals surface area (Å²) in [5.74, 6) is 1.96. The maximum Gasteiger partial charge on any atom is 0.233 e. The summed E-state index contributed by atoms with van der Waals surface area (Å²) in [4.78, 5) is 8.72. The van der Waals surface area contributed by atoms with E-state index in [1.807, 2.05) is 6.07 Å². The number of hydrogen-bond acceptors (Lipinski definition) is 6. The van der Waals surface area contributed by atoms with Gasteiger partial charge in [0.15, 0.2) is 0 Å². The molecule has 0 amide bonds. The van der Waals surface area contributed by atoms with Gasteiger partial charge in [0, 0.05) is 45.0 Å². The minimum Gasteiger partial charge on any atom is -0.424 e. The molecule has 3 rings (SSSR count). The standard InChI is InChI=1S/C17H24ClN5O/c1-12(2)10-16-20-21-17(24-16)13(3)22-6-8-23(9-7-22)15-4-5-19-11-14(15)18/h4-5,11-13H,6-10H2,1-3H3/t13-/m1/s1. The first-order chi connectivity index (χ1) is 11.5. The molecule has 1 aliphatic heterocycles. The summed E-state index contributed by atoms with van der Waals surface area (Å²) in [5, 5.41) is 9.11. The molecule has 2 aromatic rings. The summed E-state index contributed by atoms with van der Waals surface area (Å²) in [6.07, 6.45) is 4.31. The maximum absolute atomic E-state index is 6.25. The van der Waals surface area contributed by atoms with Crippen LogP contribution in [-0.2, 0) is 6.42 Å². The number of pyridine rings is 1. The van der Waals surface area contributed by atoms with Gasteiger partial charge in [0.2, 0.25) is 11.8 Å². The van der Waals surface area contributed by atoms with Gasteiger partial charge in [-0.15, -0.1) is 10.2 Å². The van der Waals surface area contributed by atoms with Crippen molar-refractivity contribution in [3.8, 4) is 0 Å². The molecule has 130 valence electrons. The van der Waals surface area contributed by atoms with Crippen molar-refractivity contribution in [2.75, 3.05) is 31.1 Å². The van der Waals surface area contributed by atoms with Crippen LogP contribution in [0.5, 0.6) is 0 Å². The number of nitrogens with zero attached hydrogens (tertiary/aromatic N) is 5. The van der Waals surface area contributed by atoms with Crippen LogP contribution in [0, 0.1) is 5.92 Å². The Bertz CT molecular complexity index is 667. The quantitative estimate of drug-likeness (QED) is 0.826. The largest absolute Gasteiger partial charge is 0.424 e. The highest BCUT2D eigenvalue weighted by molar-refractivity contribution is 6.33. The molecule has 0 N–H and O–H groups in total. The van der Waals surface area contributed by atoms with Crippen LogP contribution >= 0.6 is 11.6 Å². The van der Waals surface area contributed by atoms with E-state index < -0.39 is 0 Å². The topological polar surface area (TPSA) is 58.3 Å². The summed E-state index contributed by atoms with van der Waals surface area (Å²) in [5.41, 5.74) is 1.05. The van der Waals surface area contributed by atoms with E-state index in [0.29, 0.717) is 16.8 Å². The van der Waals surface area contributed by atoms with Crippen LogP contribution in [-0.4, -0.2) is 46.3 Å². The van der Waals surface area contributed by atoms with E-state index in [4.69, 9.17) is 16.0 Å². The number of hydrogen-bond donors (Lipinski definition) is 0. The van der Waals surface area contributed by atoms with Crippen LogP contribution in [0.25, 0.3) is 0 Å². The van der Waals surface area contributed by atoms with E-state index in [9.17, 15) is 0 Å². The Labute approximate surface area is 147 Å². The zero-order chi connectivity index (χ0) is 17.1. The lowest BCUT2D eigenvalue weighted by Gasteiger charge is -2.38. The summed E-state index contributed by atoms with van der Waals surface area (Å²) in [7, 11) is 0. The number of halogens is 1. The van der Waals surface area contributed by atoms with E-state index in [2.05, 4.69) is 45.8 Å². The van der Waals surface area contributed by atoms with Gasteiger partial charge in [-0.3, -0.25) is 9.88 Å². The van der Waals surface area contributed by atoms with Gasteiger partial charge in [0.1, 0.15) is 0 Å². The van der Waals surface area contributed by atoms with Crippen molar-refractivity contribution in [2.24, 2.45) is 5.92 Å². The third-order valence-corrected chi connectivity index (χ3v) is 4.67. The average Bonchev–Trinajstić information content (AvgIpc) is 3.02. The fourth-order valence-electron chi connectivity index (χ4n) is 3.00. The summed E-state index contributed by atoms with van der Waals surface area (Å²) in [6.45, 7) is 10.1. The third kappa shape index (κ3) is 3.87. The average molecular weight is 350 g/mol. The van der Waals surface area contributed by atoms with Crippen molar-refractivity contribution in [2.45, 2.75) is 33.2 Å². The predicted molar refractivity (Wildman–Crippen MR) is 94.3 cm³/mol. The Morgan fingerprint density at radius 1 is 1.17 bits per heavy atom. The molecule has 6 nitrogen and oxygen atoms in total. The molecular formula is C17H24ClN5O. The lowest BCUT2D eigenvalue weighted by molar-refractivity contribution is 0.171. The molecule has 1 aliphatic rings. The molecule has 2 aromatic heterocycles. The van der Waals surface area contributed by atoms with Crippen molar-refractivity contribution in [1.82, 2.24) is 20.1 Å². The van der Waals surface area contributed by atoms with E-state index in [1.165, 1.54) is 0 Å². The van der Waals surface area contributed by atoms with Gasteiger partial charge in [-0.25, -0.2) is 0 Å². The fraction of sp³-hybridized carbons (Fsp3) is 0.588. The van der Waals surface area contributed by atoms with Crippen LogP contribution in [0.4, 0.5) is 5.69 Å². The Morgan fingerprint density at radius 3 is 2.58 bits per heavy atom. The molecule has 1 saturated heterocycles. The van der Waals surface area contributed by atoms with Crippen LogP contribution in [0.15, 0.2) is 22.9 Å². The second-order valence-electron chi connectivity index (χ2n) is 6.66. The second kappa shape index (κ2) is 7.49. The van der Waals surface area contributed by atoms with Crippen molar-refractivity contribution in [1.29, 1.82) is 0 Å². The normalized spacial score (nSPS) is 17.5. The van der Waals surface area contributed by atoms with Crippen molar-refractivity contribution < 1.29 is 4.42 Å². The fourth-order valence-corrected chi connectivity index (χ4v) is 3.24. The monoisotopic (exact) mass is 349 g/mol. The van der Waals surface area contributed by atoms with E-state index >= 15 is 0 Å². The van der Waals surface area contributed by atoms with Gasteiger partial charge in [-0.1, -0.05) is 25.4 Å². The first-order valence-electron chi connectivity index (χ1n) is 8.45. The molecule has 0 saturated carbocycles. The lowest BCUT2D eigenvalue weighted by atomic mass is 10.1. The van der Waals surface area contributed by atoms with Gasteiger partial charge in [-0.05, 0) is 18.9 Å². The molecule has 0 radical (unpaired) electrons. The highest BCUT2D eigenvalue weighted by atomic mass is 35.5. The van der Waals surface area contributed by atoms with E-state index in [0.717, 1.165) is 44.2 Å². The Kier molecular flexibility index (Phi) is 5.36. The molecule has 0 aromatic carbocycles. The third-order valence-electron chi connectivity index (χ3n) is 4.38. The highest BCUT2D eigenvalue weighted by Gasteiger charge is 2.26. The van der Waals surface area contributed by atoms with Crippen LogP contribution in [0.2, 0.25) is 5.02 Å². The Hall–Kier alpha value is -1.66. The Balaban J connectivity index is 1.60. The van der Waals surface area contributed by atoms with Crippen molar-refractivity contribution in [3.05, 3.63) is 35.3 Å². The minimum atomic E-state index is 0.133. The van der Waals surface area contributed by atoms with Crippen LogP contribution in [0.1, 0.15) is 38.6 Å².